The molecule has 1 fully saturated rings. The van der Waals surface area contributed by atoms with Crippen molar-refractivity contribution in [2.45, 2.75) is 30.7 Å². The third-order valence-corrected chi connectivity index (χ3v) is 6.88. The zero-order chi connectivity index (χ0) is 15.7. The topological polar surface area (TPSA) is 104 Å². The second-order valence-electron chi connectivity index (χ2n) is 5.17. The molecule has 21 heavy (non-hydrogen) atoms. The van der Waals surface area contributed by atoms with Crippen LogP contribution in [-0.4, -0.2) is 34.4 Å². The smallest absolute Gasteiger partial charge is 0.229 e. The van der Waals surface area contributed by atoms with Crippen LogP contribution in [0.3, 0.4) is 0 Å². The summed E-state index contributed by atoms with van der Waals surface area (Å²) in [6, 6.07) is 5.69. The van der Waals surface area contributed by atoms with Crippen LogP contribution in [0, 0.1) is 18.3 Å². The van der Waals surface area contributed by atoms with Crippen molar-refractivity contribution in [1.82, 2.24) is 4.72 Å². The molecule has 1 aromatic carbocycles. The van der Waals surface area contributed by atoms with Gasteiger partial charge in [0.05, 0.1) is 28.0 Å². The molecule has 0 saturated carbocycles. The number of sulfonamides is 1. The molecular formula is C13H16N2O4S2. The van der Waals surface area contributed by atoms with Gasteiger partial charge in [0.15, 0.2) is 9.84 Å². The summed E-state index contributed by atoms with van der Waals surface area (Å²) in [5.41, 5.74) is 0.761. The molecule has 0 amide bonds. The van der Waals surface area contributed by atoms with Crippen LogP contribution >= 0.6 is 0 Å². The Balaban J connectivity index is 2.29. The lowest BCUT2D eigenvalue weighted by atomic mass is 10.2. The van der Waals surface area contributed by atoms with Crippen molar-refractivity contribution in [2.75, 3.05) is 11.5 Å². The quantitative estimate of drug-likeness (QED) is 0.880. The van der Waals surface area contributed by atoms with Crippen LogP contribution in [-0.2, 0) is 19.9 Å². The summed E-state index contributed by atoms with van der Waals surface area (Å²) in [6.07, 6.45) is 0.947. The number of hydrogen-bond donors (Lipinski definition) is 1. The molecule has 1 aliphatic heterocycles. The Morgan fingerprint density at radius 3 is 2.71 bits per heavy atom. The summed E-state index contributed by atoms with van der Waals surface area (Å²) in [5.74, 6) is -0.0720. The average Bonchev–Trinajstić information content (AvgIpc) is 2.37. The molecule has 1 heterocycles. The van der Waals surface area contributed by atoms with Crippen molar-refractivity contribution >= 4 is 19.9 Å². The molecular weight excluding hydrogens is 312 g/mol. The predicted octanol–water partition coefficient (Wildman–Crippen LogP) is 0.722. The van der Waals surface area contributed by atoms with E-state index < -0.39 is 25.9 Å². The Kier molecular flexibility index (Phi) is 4.37. The minimum absolute atomic E-state index is 0.0181. The number of benzene rings is 1. The standard InChI is InChI=1S/C13H16N2O4S2/c1-10-4-5-11(8-14)7-13(10)21(18,19)15-12-3-2-6-20(16,17)9-12/h4-5,7,12,15H,2-3,6,9H2,1H3. The second kappa shape index (κ2) is 5.75. The molecule has 0 spiro atoms. The molecule has 8 heteroatoms. The molecule has 1 atom stereocenters. The first-order valence-corrected chi connectivity index (χ1v) is 9.77. The van der Waals surface area contributed by atoms with Gasteiger partial charge in [-0.25, -0.2) is 21.6 Å². The summed E-state index contributed by atoms with van der Waals surface area (Å²) < 4.78 is 50.4. The van der Waals surface area contributed by atoms with Gasteiger partial charge in [-0.15, -0.1) is 0 Å². The zero-order valence-electron chi connectivity index (χ0n) is 11.5. The van der Waals surface area contributed by atoms with Gasteiger partial charge in [0.1, 0.15) is 0 Å². The van der Waals surface area contributed by atoms with Crippen LogP contribution in [0.15, 0.2) is 23.1 Å². The molecule has 1 N–H and O–H groups in total. The molecule has 1 aliphatic rings. The largest absolute Gasteiger partial charge is 0.241 e. The normalized spacial score (nSPS) is 21.6. The van der Waals surface area contributed by atoms with Gasteiger partial charge in [0.25, 0.3) is 0 Å². The van der Waals surface area contributed by atoms with E-state index in [2.05, 4.69) is 4.72 Å². The van der Waals surface area contributed by atoms with Crippen molar-refractivity contribution in [1.29, 1.82) is 5.26 Å². The monoisotopic (exact) mass is 328 g/mol. The maximum Gasteiger partial charge on any atom is 0.241 e. The number of aryl methyl sites for hydroxylation is 1. The molecule has 114 valence electrons. The molecule has 2 rings (SSSR count). The third kappa shape index (κ3) is 3.81. The number of rotatable bonds is 3. The van der Waals surface area contributed by atoms with Gasteiger partial charge in [-0.05, 0) is 37.5 Å². The van der Waals surface area contributed by atoms with Crippen molar-refractivity contribution in [2.24, 2.45) is 0 Å². The van der Waals surface area contributed by atoms with Crippen LogP contribution in [0.2, 0.25) is 0 Å². The Morgan fingerprint density at radius 1 is 1.38 bits per heavy atom. The Bertz CT molecular complexity index is 792. The summed E-state index contributed by atoms with van der Waals surface area (Å²) in [5, 5.41) is 8.86. The van der Waals surface area contributed by atoms with Crippen molar-refractivity contribution in [3.63, 3.8) is 0 Å². The number of nitrogens with zero attached hydrogens (tertiary/aromatic N) is 1. The highest BCUT2D eigenvalue weighted by atomic mass is 32.2. The maximum atomic E-state index is 12.4. The highest BCUT2D eigenvalue weighted by Crippen LogP contribution is 2.19. The first-order chi connectivity index (χ1) is 9.73. The van der Waals surface area contributed by atoms with Crippen molar-refractivity contribution < 1.29 is 16.8 Å². The summed E-state index contributed by atoms with van der Waals surface area (Å²) in [4.78, 5) is 0.0181. The minimum Gasteiger partial charge on any atom is -0.229 e. The van der Waals surface area contributed by atoms with Gasteiger partial charge in [-0.1, -0.05) is 6.07 Å². The van der Waals surface area contributed by atoms with E-state index in [0.29, 0.717) is 18.4 Å². The van der Waals surface area contributed by atoms with Crippen LogP contribution in [0.4, 0.5) is 0 Å². The molecule has 1 aromatic rings. The SMILES string of the molecule is Cc1ccc(C#N)cc1S(=O)(=O)NC1CCCS(=O)(=O)C1. The van der Waals surface area contributed by atoms with Crippen LogP contribution in [0.1, 0.15) is 24.0 Å². The lowest BCUT2D eigenvalue weighted by Gasteiger charge is -2.23. The first kappa shape index (κ1) is 15.9. The number of sulfone groups is 1. The highest BCUT2D eigenvalue weighted by molar-refractivity contribution is 7.91. The van der Waals surface area contributed by atoms with Crippen LogP contribution in [0.25, 0.3) is 0 Å². The van der Waals surface area contributed by atoms with E-state index in [1.165, 1.54) is 6.07 Å². The fraction of sp³-hybridized carbons (Fsp3) is 0.462. The summed E-state index contributed by atoms with van der Waals surface area (Å²) in [6.45, 7) is 1.63. The molecule has 0 bridgehead atoms. The van der Waals surface area contributed by atoms with Crippen LogP contribution in [0.5, 0.6) is 0 Å². The van der Waals surface area contributed by atoms with Crippen molar-refractivity contribution in [3.8, 4) is 6.07 Å². The van der Waals surface area contributed by atoms with Gasteiger partial charge in [0, 0.05) is 6.04 Å². The van der Waals surface area contributed by atoms with E-state index in [-0.39, 0.29) is 22.0 Å². The summed E-state index contributed by atoms with van der Waals surface area (Å²) in [7, 11) is -7.03. The van der Waals surface area contributed by atoms with Gasteiger partial charge in [-0.3, -0.25) is 0 Å². The second-order valence-corrected chi connectivity index (χ2v) is 9.08. The molecule has 1 unspecified atom stereocenters. The van der Waals surface area contributed by atoms with E-state index in [1.54, 1.807) is 19.1 Å². The van der Waals surface area contributed by atoms with Gasteiger partial charge in [0.2, 0.25) is 10.0 Å². The fourth-order valence-electron chi connectivity index (χ4n) is 2.36. The first-order valence-electron chi connectivity index (χ1n) is 6.47. The lowest BCUT2D eigenvalue weighted by molar-refractivity contribution is 0.517. The number of hydrogen-bond acceptors (Lipinski definition) is 5. The average molecular weight is 328 g/mol. The molecule has 0 aromatic heterocycles. The Labute approximate surface area is 124 Å². The van der Waals surface area contributed by atoms with Crippen molar-refractivity contribution in [3.05, 3.63) is 29.3 Å². The Morgan fingerprint density at radius 2 is 2.10 bits per heavy atom. The zero-order valence-corrected chi connectivity index (χ0v) is 13.2. The van der Waals surface area contributed by atoms with E-state index in [1.807, 2.05) is 6.07 Å². The highest BCUT2D eigenvalue weighted by Gasteiger charge is 2.29. The third-order valence-electron chi connectivity index (χ3n) is 3.39. The van der Waals surface area contributed by atoms with Gasteiger partial charge in [-0.2, -0.15) is 5.26 Å². The summed E-state index contributed by atoms with van der Waals surface area (Å²) >= 11 is 0. The Hall–Kier alpha value is -1.43. The number of nitriles is 1. The van der Waals surface area contributed by atoms with Crippen LogP contribution < -0.4 is 4.72 Å². The molecule has 0 aliphatic carbocycles. The molecule has 0 radical (unpaired) electrons. The number of nitrogens with one attached hydrogen (secondary N) is 1. The van der Waals surface area contributed by atoms with E-state index in [0.717, 1.165) is 0 Å². The van der Waals surface area contributed by atoms with Gasteiger partial charge < -0.3 is 0 Å². The van der Waals surface area contributed by atoms with Gasteiger partial charge >= 0.3 is 0 Å². The van der Waals surface area contributed by atoms with E-state index in [4.69, 9.17) is 5.26 Å². The minimum atomic E-state index is -3.84. The lowest BCUT2D eigenvalue weighted by Crippen LogP contribution is -2.43. The fourth-order valence-corrected chi connectivity index (χ4v) is 5.64. The molecule has 1 saturated heterocycles. The van der Waals surface area contributed by atoms with E-state index >= 15 is 0 Å². The maximum absolute atomic E-state index is 12.4. The molecule has 6 nitrogen and oxygen atoms in total. The van der Waals surface area contributed by atoms with E-state index in [9.17, 15) is 16.8 Å². The predicted molar refractivity (Wildman–Crippen MR) is 77.9 cm³/mol.